The van der Waals surface area contributed by atoms with Crippen LogP contribution in [0.2, 0.25) is 0 Å². The molecule has 2 heterocycles. The van der Waals surface area contributed by atoms with Crippen LogP contribution in [0.5, 0.6) is 0 Å². The minimum atomic E-state index is 0.189. The van der Waals surface area contributed by atoms with E-state index in [1.807, 2.05) is 30.1 Å². The fourth-order valence-corrected chi connectivity index (χ4v) is 2.58. The molecule has 21 heavy (non-hydrogen) atoms. The van der Waals surface area contributed by atoms with Crippen LogP contribution in [0.25, 0.3) is 10.9 Å². The van der Waals surface area contributed by atoms with E-state index in [2.05, 4.69) is 47.7 Å². The Balaban J connectivity index is 1.90. The average Bonchev–Trinajstić information content (AvgIpc) is 2.91. The van der Waals surface area contributed by atoms with Crippen molar-refractivity contribution in [1.29, 1.82) is 0 Å². The Morgan fingerprint density at radius 3 is 2.76 bits per heavy atom. The minimum Gasteiger partial charge on any atom is -0.309 e. The smallest absolute Gasteiger partial charge is 0.0706 e. The van der Waals surface area contributed by atoms with Gasteiger partial charge in [-0.05, 0) is 24.7 Å². The summed E-state index contributed by atoms with van der Waals surface area (Å²) < 4.78 is 1.84. The number of likely N-dealkylation sites (N-methyl/N-ethyl adjacent to an activating group) is 1. The van der Waals surface area contributed by atoms with Gasteiger partial charge in [-0.3, -0.25) is 9.67 Å². The van der Waals surface area contributed by atoms with Gasteiger partial charge >= 0.3 is 0 Å². The lowest BCUT2D eigenvalue weighted by Crippen LogP contribution is -2.24. The van der Waals surface area contributed by atoms with Gasteiger partial charge in [-0.1, -0.05) is 31.2 Å². The van der Waals surface area contributed by atoms with E-state index in [-0.39, 0.29) is 6.04 Å². The van der Waals surface area contributed by atoms with Crippen molar-refractivity contribution in [3.63, 3.8) is 0 Å². The first-order valence-electron chi connectivity index (χ1n) is 7.34. The minimum absolute atomic E-state index is 0.189. The summed E-state index contributed by atoms with van der Waals surface area (Å²) in [6.07, 6.45) is 2.83. The SMILES string of the molecule is CCNC(Cc1ccn(C)n1)c1ccc2ccccc2n1. The molecule has 1 unspecified atom stereocenters. The van der Waals surface area contributed by atoms with Crippen molar-refractivity contribution >= 4 is 10.9 Å². The molecule has 0 aliphatic rings. The molecular formula is C17H20N4. The summed E-state index contributed by atoms with van der Waals surface area (Å²) in [5.41, 5.74) is 3.19. The van der Waals surface area contributed by atoms with Crippen molar-refractivity contribution < 1.29 is 0 Å². The molecule has 0 spiro atoms. The summed E-state index contributed by atoms with van der Waals surface area (Å²) in [6, 6.07) is 14.7. The Morgan fingerprint density at radius 2 is 2.00 bits per heavy atom. The monoisotopic (exact) mass is 280 g/mol. The number of aromatic nitrogens is 3. The van der Waals surface area contributed by atoms with Gasteiger partial charge in [0.25, 0.3) is 0 Å². The topological polar surface area (TPSA) is 42.7 Å². The van der Waals surface area contributed by atoms with Crippen LogP contribution in [0.3, 0.4) is 0 Å². The molecule has 0 saturated heterocycles. The van der Waals surface area contributed by atoms with Crippen LogP contribution < -0.4 is 5.32 Å². The second-order valence-corrected chi connectivity index (χ2v) is 5.22. The zero-order valence-electron chi connectivity index (χ0n) is 12.5. The molecule has 1 atom stereocenters. The number of rotatable bonds is 5. The van der Waals surface area contributed by atoms with Crippen LogP contribution in [0.1, 0.15) is 24.4 Å². The van der Waals surface area contributed by atoms with Crippen LogP contribution in [0.4, 0.5) is 0 Å². The molecule has 4 nitrogen and oxygen atoms in total. The van der Waals surface area contributed by atoms with Crippen molar-refractivity contribution in [3.8, 4) is 0 Å². The maximum absolute atomic E-state index is 4.80. The summed E-state index contributed by atoms with van der Waals surface area (Å²) in [6.45, 7) is 3.03. The molecule has 3 aromatic rings. The second kappa shape index (κ2) is 6.06. The molecule has 1 aromatic carbocycles. The van der Waals surface area contributed by atoms with Crippen molar-refractivity contribution in [2.75, 3.05) is 6.54 Å². The zero-order valence-corrected chi connectivity index (χ0v) is 12.5. The van der Waals surface area contributed by atoms with E-state index in [1.165, 1.54) is 5.39 Å². The van der Waals surface area contributed by atoms with E-state index in [9.17, 15) is 0 Å². The third-order valence-corrected chi connectivity index (χ3v) is 3.61. The van der Waals surface area contributed by atoms with Gasteiger partial charge < -0.3 is 5.32 Å². The Morgan fingerprint density at radius 1 is 1.14 bits per heavy atom. The largest absolute Gasteiger partial charge is 0.309 e. The number of hydrogen-bond acceptors (Lipinski definition) is 3. The molecule has 0 bridgehead atoms. The molecule has 0 aliphatic carbocycles. The summed E-state index contributed by atoms with van der Waals surface area (Å²) >= 11 is 0. The summed E-state index contributed by atoms with van der Waals surface area (Å²) in [4.78, 5) is 4.80. The van der Waals surface area contributed by atoms with Crippen molar-refractivity contribution in [3.05, 3.63) is 60.0 Å². The molecule has 2 aromatic heterocycles. The van der Waals surface area contributed by atoms with Gasteiger partial charge in [-0.15, -0.1) is 0 Å². The molecule has 0 radical (unpaired) electrons. The Hall–Kier alpha value is -2.20. The first-order chi connectivity index (χ1) is 10.3. The molecule has 0 fully saturated rings. The maximum atomic E-state index is 4.80. The quantitative estimate of drug-likeness (QED) is 0.781. The standard InChI is InChI=1S/C17H20N4/c1-3-18-17(12-14-10-11-21(2)20-14)16-9-8-13-6-4-5-7-15(13)19-16/h4-11,17-18H,3,12H2,1-2H3. The van der Waals surface area contributed by atoms with E-state index >= 15 is 0 Å². The summed E-state index contributed by atoms with van der Waals surface area (Å²) in [5, 5.41) is 9.15. The van der Waals surface area contributed by atoms with E-state index in [0.717, 1.165) is 29.9 Å². The van der Waals surface area contributed by atoms with Gasteiger partial charge in [0.15, 0.2) is 0 Å². The van der Waals surface area contributed by atoms with Gasteiger partial charge in [-0.2, -0.15) is 5.10 Å². The Bertz CT molecular complexity index is 732. The van der Waals surface area contributed by atoms with E-state index in [1.54, 1.807) is 0 Å². The molecule has 108 valence electrons. The zero-order chi connectivity index (χ0) is 14.7. The number of nitrogens with zero attached hydrogens (tertiary/aromatic N) is 3. The van der Waals surface area contributed by atoms with Gasteiger partial charge in [0.2, 0.25) is 0 Å². The molecule has 0 amide bonds. The predicted octanol–water partition coefficient (Wildman–Crippen LogP) is 2.86. The van der Waals surface area contributed by atoms with Crippen LogP contribution in [-0.2, 0) is 13.5 Å². The van der Waals surface area contributed by atoms with E-state index < -0.39 is 0 Å². The van der Waals surface area contributed by atoms with Crippen LogP contribution in [0, 0.1) is 0 Å². The van der Waals surface area contributed by atoms with E-state index in [0.29, 0.717) is 0 Å². The van der Waals surface area contributed by atoms with Crippen molar-refractivity contribution in [1.82, 2.24) is 20.1 Å². The van der Waals surface area contributed by atoms with Crippen molar-refractivity contribution in [2.24, 2.45) is 7.05 Å². The number of fused-ring (bicyclic) bond motifs is 1. The summed E-state index contributed by atoms with van der Waals surface area (Å²) in [5.74, 6) is 0. The Labute approximate surface area is 124 Å². The van der Waals surface area contributed by atoms with Gasteiger partial charge in [0.05, 0.1) is 22.9 Å². The first-order valence-corrected chi connectivity index (χ1v) is 7.34. The fraction of sp³-hybridized carbons (Fsp3) is 0.294. The van der Waals surface area contributed by atoms with Crippen LogP contribution >= 0.6 is 0 Å². The highest BCUT2D eigenvalue weighted by atomic mass is 15.2. The lowest BCUT2D eigenvalue weighted by atomic mass is 10.1. The highest BCUT2D eigenvalue weighted by molar-refractivity contribution is 5.78. The third-order valence-electron chi connectivity index (χ3n) is 3.61. The van der Waals surface area contributed by atoms with Gasteiger partial charge in [-0.25, -0.2) is 0 Å². The third kappa shape index (κ3) is 3.11. The number of hydrogen-bond donors (Lipinski definition) is 1. The molecule has 0 aliphatic heterocycles. The maximum Gasteiger partial charge on any atom is 0.0706 e. The lowest BCUT2D eigenvalue weighted by Gasteiger charge is -2.17. The van der Waals surface area contributed by atoms with Gasteiger partial charge in [0, 0.05) is 25.1 Å². The predicted molar refractivity (Wildman–Crippen MR) is 85.1 cm³/mol. The average molecular weight is 280 g/mol. The van der Waals surface area contributed by atoms with Crippen molar-refractivity contribution in [2.45, 2.75) is 19.4 Å². The van der Waals surface area contributed by atoms with Crippen LogP contribution in [0.15, 0.2) is 48.7 Å². The number of aryl methyl sites for hydroxylation is 1. The lowest BCUT2D eigenvalue weighted by molar-refractivity contribution is 0.529. The number of pyridine rings is 1. The van der Waals surface area contributed by atoms with Gasteiger partial charge in [0.1, 0.15) is 0 Å². The molecular weight excluding hydrogens is 260 g/mol. The summed E-state index contributed by atoms with van der Waals surface area (Å²) in [7, 11) is 1.94. The first kappa shape index (κ1) is 13.8. The number of benzene rings is 1. The van der Waals surface area contributed by atoms with E-state index in [4.69, 9.17) is 4.98 Å². The second-order valence-electron chi connectivity index (χ2n) is 5.22. The molecule has 4 heteroatoms. The number of para-hydroxylation sites is 1. The Kier molecular flexibility index (Phi) is 3.97. The molecule has 0 saturated carbocycles. The number of nitrogens with one attached hydrogen (secondary N) is 1. The molecule has 3 rings (SSSR count). The fourth-order valence-electron chi connectivity index (χ4n) is 2.58. The highest BCUT2D eigenvalue weighted by Gasteiger charge is 2.14. The molecule has 1 N–H and O–H groups in total. The van der Waals surface area contributed by atoms with Crippen LogP contribution in [-0.4, -0.2) is 21.3 Å². The normalized spacial score (nSPS) is 12.7. The highest BCUT2D eigenvalue weighted by Crippen LogP contribution is 2.19.